The summed E-state index contributed by atoms with van der Waals surface area (Å²) in [4.78, 5) is 25.8. The minimum Gasteiger partial charge on any atom is -0.476 e. The summed E-state index contributed by atoms with van der Waals surface area (Å²) in [5.41, 5.74) is 6.22. The number of aromatic nitrogens is 1. The van der Waals surface area contributed by atoms with Crippen molar-refractivity contribution >= 4 is 16.9 Å². The molecule has 0 saturated carbocycles. The van der Waals surface area contributed by atoms with Crippen LogP contribution >= 0.6 is 0 Å². The molecule has 0 spiro atoms. The number of ether oxygens (including phenoxy) is 2. The first-order chi connectivity index (χ1) is 9.49. The van der Waals surface area contributed by atoms with E-state index in [1.165, 1.54) is 7.11 Å². The molecule has 2 aromatic rings. The van der Waals surface area contributed by atoms with Crippen LogP contribution in [-0.2, 0) is 16.0 Å². The Kier molecular flexibility index (Phi) is 4.05. The third-order valence-electron chi connectivity index (χ3n) is 2.78. The Bertz CT molecular complexity index is 691. The topological polar surface area (TPSA) is 94.4 Å². The van der Waals surface area contributed by atoms with Crippen LogP contribution in [0.2, 0.25) is 0 Å². The fraction of sp³-hybridized carbons (Fsp3) is 0.286. The number of carbonyl (C=O) groups excluding carboxylic acids is 1. The van der Waals surface area contributed by atoms with E-state index in [1.54, 1.807) is 31.2 Å². The van der Waals surface area contributed by atoms with E-state index in [2.05, 4.69) is 9.72 Å². The molecular weight excluding hydrogens is 260 g/mol. The van der Waals surface area contributed by atoms with Gasteiger partial charge >= 0.3 is 5.97 Å². The maximum absolute atomic E-state index is 11.9. The molecule has 0 aliphatic carbocycles. The van der Waals surface area contributed by atoms with Gasteiger partial charge < -0.3 is 14.5 Å². The summed E-state index contributed by atoms with van der Waals surface area (Å²) in [6, 6.07) is 6.92. The van der Waals surface area contributed by atoms with E-state index in [9.17, 15) is 9.59 Å². The Morgan fingerprint density at radius 1 is 1.40 bits per heavy atom. The highest BCUT2D eigenvalue weighted by atomic mass is 16.5. The number of nitrogens with two attached hydrogens (primary N) is 1. The molecule has 6 nitrogen and oxygen atoms in total. The number of methoxy groups -OCH3 is 1. The molecule has 0 fully saturated rings. The van der Waals surface area contributed by atoms with Gasteiger partial charge in [-0.15, -0.1) is 0 Å². The Morgan fingerprint density at radius 3 is 2.80 bits per heavy atom. The van der Waals surface area contributed by atoms with Gasteiger partial charge in [0.1, 0.15) is 12.0 Å². The van der Waals surface area contributed by atoms with Crippen LogP contribution in [0.3, 0.4) is 0 Å². The van der Waals surface area contributed by atoms with Gasteiger partial charge in [0.15, 0.2) is 0 Å². The lowest BCUT2D eigenvalue weighted by molar-refractivity contribution is -0.139. The van der Waals surface area contributed by atoms with Gasteiger partial charge in [0.25, 0.3) is 5.56 Å². The maximum atomic E-state index is 11.9. The molecule has 0 bridgehead atoms. The van der Waals surface area contributed by atoms with Crippen LogP contribution < -0.4 is 16.0 Å². The zero-order valence-corrected chi connectivity index (χ0v) is 11.3. The Balaban J connectivity index is 2.40. The molecule has 3 N–H and O–H groups in total. The molecule has 20 heavy (non-hydrogen) atoms. The first kappa shape index (κ1) is 14.1. The van der Waals surface area contributed by atoms with Gasteiger partial charge in [-0.25, -0.2) is 0 Å². The fourth-order valence-electron chi connectivity index (χ4n) is 1.87. The highest BCUT2D eigenvalue weighted by Gasteiger charge is 2.09. The molecule has 0 radical (unpaired) electrons. The minimum absolute atomic E-state index is 0.0557. The molecule has 6 heteroatoms. The first-order valence-electron chi connectivity index (χ1n) is 6.14. The van der Waals surface area contributed by atoms with Crippen molar-refractivity contribution in [3.05, 3.63) is 40.2 Å². The van der Waals surface area contributed by atoms with E-state index in [4.69, 9.17) is 10.5 Å². The van der Waals surface area contributed by atoms with Gasteiger partial charge in [0.05, 0.1) is 19.0 Å². The van der Waals surface area contributed by atoms with E-state index < -0.39 is 12.2 Å². The minimum atomic E-state index is -0.452. The average Bonchev–Trinajstić information content (AvgIpc) is 2.39. The third-order valence-corrected chi connectivity index (χ3v) is 2.78. The molecule has 106 valence electrons. The number of esters is 1. The van der Waals surface area contributed by atoms with Crippen molar-refractivity contribution in [2.24, 2.45) is 5.73 Å². The number of aromatic amines is 1. The number of rotatable bonds is 4. The average molecular weight is 276 g/mol. The van der Waals surface area contributed by atoms with Crippen LogP contribution in [0.15, 0.2) is 29.1 Å². The van der Waals surface area contributed by atoms with Gasteiger partial charge in [-0.05, 0) is 30.5 Å². The quantitative estimate of drug-likeness (QED) is 0.640. The first-order valence-corrected chi connectivity index (χ1v) is 6.14. The molecule has 2 rings (SSSR count). The summed E-state index contributed by atoms with van der Waals surface area (Å²) >= 11 is 0. The molecule has 1 atom stereocenters. The van der Waals surface area contributed by atoms with Crippen molar-refractivity contribution in [2.45, 2.75) is 19.6 Å². The number of benzene rings is 1. The van der Waals surface area contributed by atoms with Crippen molar-refractivity contribution in [3.63, 3.8) is 0 Å². The van der Waals surface area contributed by atoms with Crippen LogP contribution in [-0.4, -0.2) is 24.3 Å². The zero-order valence-electron chi connectivity index (χ0n) is 11.3. The second-order valence-electron chi connectivity index (χ2n) is 4.45. The van der Waals surface area contributed by atoms with Crippen LogP contribution in [0.25, 0.3) is 10.9 Å². The van der Waals surface area contributed by atoms with Crippen LogP contribution in [0.4, 0.5) is 0 Å². The van der Waals surface area contributed by atoms with Gasteiger partial charge in [-0.2, -0.15) is 0 Å². The molecule has 0 aliphatic heterocycles. The maximum Gasteiger partial charge on any atom is 0.310 e. The van der Waals surface area contributed by atoms with Crippen LogP contribution in [0, 0.1) is 0 Å². The molecule has 1 aromatic heterocycles. The fourth-order valence-corrected chi connectivity index (χ4v) is 1.87. The number of hydrogen-bond acceptors (Lipinski definition) is 5. The third kappa shape index (κ3) is 3.16. The zero-order chi connectivity index (χ0) is 14.7. The number of fused-ring (bicyclic) bond motifs is 1. The van der Waals surface area contributed by atoms with Gasteiger partial charge in [-0.3, -0.25) is 15.3 Å². The highest BCUT2D eigenvalue weighted by Crippen LogP contribution is 2.19. The number of pyridine rings is 1. The molecule has 0 aliphatic rings. The molecule has 1 heterocycles. The normalized spacial score (nSPS) is 12.2. The molecule has 1 aromatic carbocycles. The summed E-state index contributed by atoms with van der Waals surface area (Å²) in [5, 5.41) is 0.806. The Labute approximate surface area is 115 Å². The summed E-state index contributed by atoms with van der Waals surface area (Å²) < 4.78 is 9.91. The lowest BCUT2D eigenvalue weighted by Crippen LogP contribution is -2.22. The smallest absolute Gasteiger partial charge is 0.310 e. The van der Waals surface area contributed by atoms with E-state index in [0.717, 1.165) is 5.39 Å². The van der Waals surface area contributed by atoms with E-state index in [1.807, 2.05) is 0 Å². The summed E-state index contributed by atoms with van der Waals surface area (Å²) in [6.07, 6.45) is -0.488. The number of H-pyrrole nitrogens is 1. The molecular formula is C14H16N2O4. The monoisotopic (exact) mass is 276 g/mol. The molecule has 0 saturated heterocycles. The van der Waals surface area contributed by atoms with Crippen molar-refractivity contribution in [3.8, 4) is 5.75 Å². The number of carbonyl (C=O) groups is 1. The van der Waals surface area contributed by atoms with E-state index in [-0.39, 0.29) is 12.0 Å². The standard InChI is InChI=1S/C14H16N2O4/c1-8(15)20-11-4-3-9-5-10(6-13(17)19-2)14(18)16-12(9)7-11/h3-5,7-8H,6,15H2,1-2H3,(H,16,18). The highest BCUT2D eigenvalue weighted by molar-refractivity contribution is 5.82. The van der Waals surface area contributed by atoms with Crippen LogP contribution in [0.1, 0.15) is 12.5 Å². The second kappa shape index (κ2) is 5.75. The predicted octanol–water partition coefficient (Wildman–Crippen LogP) is 0.927. The SMILES string of the molecule is COC(=O)Cc1cc2ccc(OC(C)N)cc2[nH]c1=O. The largest absolute Gasteiger partial charge is 0.476 e. The van der Waals surface area contributed by atoms with Crippen molar-refractivity contribution in [2.75, 3.05) is 7.11 Å². The Hall–Kier alpha value is -2.34. The molecule has 1 unspecified atom stereocenters. The second-order valence-corrected chi connectivity index (χ2v) is 4.45. The van der Waals surface area contributed by atoms with Crippen LogP contribution in [0.5, 0.6) is 5.75 Å². The predicted molar refractivity (Wildman–Crippen MR) is 74.6 cm³/mol. The van der Waals surface area contributed by atoms with Gasteiger partial charge in [0.2, 0.25) is 0 Å². The number of hydrogen-bond donors (Lipinski definition) is 2. The molecule has 0 amide bonds. The number of nitrogens with one attached hydrogen (secondary N) is 1. The summed E-state index contributed by atoms with van der Waals surface area (Å²) in [6.45, 7) is 1.71. The summed E-state index contributed by atoms with van der Waals surface area (Å²) in [5.74, 6) is 0.121. The lowest BCUT2D eigenvalue weighted by Gasteiger charge is -2.10. The van der Waals surface area contributed by atoms with Gasteiger partial charge in [0, 0.05) is 11.6 Å². The van der Waals surface area contributed by atoms with Gasteiger partial charge in [-0.1, -0.05) is 0 Å². The van der Waals surface area contributed by atoms with E-state index >= 15 is 0 Å². The van der Waals surface area contributed by atoms with Crippen molar-refractivity contribution in [1.82, 2.24) is 4.98 Å². The summed E-state index contributed by atoms with van der Waals surface area (Å²) in [7, 11) is 1.29. The Morgan fingerprint density at radius 2 is 2.15 bits per heavy atom. The van der Waals surface area contributed by atoms with Crippen molar-refractivity contribution < 1.29 is 14.3 Å². The lowest BCUT2D eigenvalue weighted by atomic mass is 10.1. The van der Waals surface area contributed by atoms with E-state index in [0.29, 0.717) is 16.8 Å². The van der Waals surface area contributed by atoms with Crippen molar-refractivity contribution in [1.29, 1.82) is 0 Å².